The second-order valence-electron chi connectivity index (χ2n) is 6.92. The first-order chi connectivity index (χ1) is 12.5. The highest BCUT2D eigenvalue weighted by Gasteiger charge is 2.28. The second kappa shape index (κ2) is 8.45. The lowest BCUT2D eigenvalue weighted by Crippen LogP contribution is -2.45. The van der Waals surface area contributed by atoms with Gasteiger partial charge in [0.25, 0.3) is 5.91 Å². The lowest BCUT2D eigenvalue weighted by atomic mass is 9.78. The summed E-state index contributed by atoms with van der Waals surface area (Å²) < 4.78 is 5.14. The van der Waals surface area contributed by atoms with E-state index in [1.54, 1.807) is 5.38 Å². The van der Waals surface area contributed by atoms with E-state index in [0.29, 0.717) is 11.8 Å². The van der Waals surface area contributed by atoms with Gasteiger partial charge in [-0.05, 0) is 18.3 Å². The number of esters is 1. The van der Waals surface area contributed by atoms with Crippen LogP contribution in [0.15, 0.2) is 35.7 Å². The van der Waals surface area contributed by atoms with Crippen molar-refractivity contribution in [2.45, 2.75) is 39.2 Å². The SMILES string of the molecule is C[C@@H]1[C@H](C)CCC[C@@H]1NC(=O)COC(=O)c1csc(-c2ccccc2)n1. The quantitative estimate of drug-likeness (QED) is 0.808. The molecule has 3 atom stereocenters. The van der Waals surface area contributed by atoms with E-state index in [0.717, 1.165) is 23.4 Å². The van der Waals surface area contributed by atoms with Crippen LogP contribution in [0.1, 0.15) is 43.6 Å². The molecule has 1 amide bonds. The van der Waals surface area contributed by atoms with E-state index < -0.39 is 5.97 Å². The molecule has 2 aromatic rings. The van der Waals surface area contributed by atoms with Gasteiger partial charge in [0.1, 0.15) is 5.01 Å². The van der Waals surface area contributed by atoms with E-state index in [9.17, 15) is 9.59 Å². The topological polar surface area (TPSA) is 68.3 Å². The zero-order valence-corrected chi connectivity index (χ0v) is 15.9. The molecule has 0 aliphatic heterocycles. The Morgan fingerprint density at radius 1 is 1.23 bits per heavy atom. The maximum absolute atomic E-state index is 12.1. The Kier molecular flexibility index (Phi) is 6.04. The third kappa shape index (κ3) is 4.49. The lowest BCUT2D eigenvalue weighted by molar-refractivity contribution is -0.125. The van der Waals surface area contributed by atoms with E-state index in [-0.39, 0.29) is 24.2 Å². The Labute approximate surface area is 157 Å². The summed E-state index contributed by atoms with van der Waals surface area (Å²) in [5, 5.41) is 5.42. The van der Waals surface area contributed by atoms with Crippen molar-refractivity contribution in [1.82, 2.24) is 10.3 Å². The maximum atomic E-state index is 12.1. The van der Waals surface area contributed by atoms with Crippen molar-refractivity contribution in [3.8, 4) is 10.6 Å². The summed E-state index contributed by atoms with van der Waals surface area (Å²) in [6.45, 7) is 4.12. The second-order valence-corrected chi connectivity index (χ2v) is 7.78. The smallest absolute Gasteiger partial charge is 0.358 e. The van der Waals surface area contributed by atoms with Crippen molar-refractivity contribution in [3.05, 3.63) is 41.4 Å². The zero-order chi connectivity index (χ0) is 18.5. The van der Waals surface area contributed by atoms with Crippen LogP contribution in [0.4, 0.5) is 0 Å². The molecule has 0 spiro atoms. The van der Waals surface area contributed by atoms with Gasteiger partial charge in [-0.15, -0.1) is 11.3 Å². The molecule has 1 fully saturated rings. The molecule has 1 N–H and O–H groups in total. The van der Waals surface area contributed by atoms with Gasteiger partial charge >= 0.3 is 5.97 Å². The van der Waals surface area contributed by atoms with E-state index in [1.807, 2.05) is 30.3 Å². The summed E-state index contributed by atoms with van der Waals surface area (Å²) in [5.41, 5.74) is 1.19. The van der Waals surface area contributed by atoms with Gasteiger partial charge in [0, 0.05) is 17.0 Å². The van der Waals surface area contributed by atoms with Crippen LogP contribution in [-0.2, 0) is 9.53 Å². The highest BCUT2D eigenvalue weighted by molar-refractivity contribution is 7.13. The third-order valence-electron chi connectivity index (χ3n) is 5.12. The molecule has 1 aliphatic carbocycles. The molecule has 5 nitrogen and oxygen atoms in total. The van der Waals surface area contributed by atoms with E-state index in [2.05, 4.69) is 24.1 Å². The van der Waals surface area contributed by atoms with Crippen molar-refractivity contribution >= 4 is 23.2 Å². The number of nitrogens with one attached hydrogen (secondary N) is 1. The molecule has 138 valence electrons. The van der Waals surface area contributed by atoms with Gasteiger partial charge in [0.05, 0.1) is 0 Å². The molecule has 1 saturated carbocycles. The molecule has 0 unspecified atom stereocenters. The van der Waals surface area contributed by atoms with Crippen LogP contribution in [0.5, 0.6) is 0 Å². The maximum Gasteiger partial charge on any atom is 0.358 e. The summed E-state index contributed by atoms with van der Waals surface area (Å²) in [4.78, 5) is 28.6. The number of rotatable bonds is 5. The molecule has 1 heterocycles. The van der Waals surface area contributed by atoms with Gasteiger partial charge in [0.2, 0.25) is 0 Å². The molecular formula is C20H24N2O3S. The monoisotopic (exact) mass is 372 g/mol. The first kappa shape index (κ1) is 18.6. The van der Waals surface area contributed by atoms with Crippen molar-refractivity contribution in [3.63, 3.8) is 0 Å². The third-order valence-corrected chi connectivity index (χ3v) is 6.01. The molecular weight excluding hydrogens is 348 g/mol. The predicted molar refractivity (Wildman–Crippen MR) is 102 cm³/mol. The molecule has 0 radical (unpaired) electrons. The van der Waals surface area contributed by atoms with Gasteiger partial charge in [-0.2, -0.15) is 0 Å². The summed E-state index contributed by atoms with van der Waals surface area (Å²) in [6, 6.07) is 9.81. The van der Waals surface area contributed by atoms with E-state index >= 15 is 0 Å². The Morgan fingerprint density at radius 3 is 2.77 bits per heavy atom. The van der Waals surface area contributed by atoms with Crippen molar-refractivity contribution in [1.29, 1.82) is 0 Å². The minimum absolute atomic E-state index is 0.161. The van der Waals surface area contributed by atoms with Crippen LogP contribution in [0, 0.1) is 11.8 Å². The summed E-state index contributed by atoms with van der Waals surface area (Å²) in [6.07, 6.45) is 3.31. The number of benzene rings is 1. The van der Waals surface area contributed by atoms with Crippen LogP contribution in [0.3, 0.4) is 0 Å². The van der Waals surface area contributed by atoms with Crippen molar-refractivity contribution in [2.75, 3.05) is 6.61 Å². The Balaban J connectivity index is 1.51. The van der Waals surface area contributed by atoms with Crippen LogP contribution >= 0.6 is 11.3 Å². The molecule has 26 heavy (non-hydrogen) atoms. The first-order valence-corrected chi connectivity index (χ1v) is 9.90. The Bertz CT molecular complexity index is 759. The lowest BCUT2D eigenvalue weighted by Gasteiger charge is -2.34. The summed E-state index contributed by atoms with van der Waals surface area (Å²) in [7, 11) is 0. The molecule has 6 heteroatoms. The molecule has 0 saturated heterocycles. The van der Waals surface area contributed by atoms with Crippen LogP contribution in [-0.4, -0.2) is 29.5 Å². The van der Waals surface area contributed by atoms with Gasteiger partial charge in [0.15, 0.2) is 12.3 Å². The standard InChI is InChI=1S/C20H24N2O3S/c1-13-7-6-10-16(14(13)2)21-18(23)11-25-20(24)17-12-26-19(22-17)15-8-4-3-5-9-15/h3-5,8-9,12-14,16H,6-7,10-11H2,1-2H3,(H,21,23)/t13-,14-,16+/m1/s1. The van der Waals surface area contributed by atoms with Crippen molar-refractivity contribution < 1.29 is 14.3 Å². The largest absolute Gasteiger partial charge is 0.451 e. The summed E-state index contributed by atoms with van der Waals surface area (Å²) >= 11 is 1.38. The highest BCUT2D eigenvalue weighted by Crippen LogP contribution is 2.29. The van der Waals surface area contributed by atoms with Gasteiger partial charge in [-0.1, -0.05) is 57.0 Å². The normalized spacial score (nSPS) is 22.6. The number of ether oxygens (including phenoxy) is 1. The fourth-order valence-electron chi connectivity index (χ4n) is 3.32. The van der Waals surface area contributed by atoms with Crippen molar-refractivity contribution in [2.24, 2.45) is 11.8 Å². The van der Waals surface area contributed by atoms with E-state index in [4.69, 9.17) is 4.74 Å². The highest BCUT2D eigenvalue weighted by atomic mass is 32.1. The molecule has 3 rings (SSSR count). The minimum atomic E-state index is -0.566. The molecule has 1 aromatic carbocycles. The number of amides is 1. The molecule has 1 aromatic heterocycles. The Hall–Kier alpha value is -2.21. The predicted octanol–water partition coefficient (Wildman–Crippen LogP) is 3.91. The van der Waals surface area contributed by atoms with E-state index in [1.165, 1.54) is 17.8 Å². The van der Waals surface area contributed by atoms with Crippen LogP contribution in [0.25, 0.3) is 10.6 Å². The number of nitrogens with zero attached hydrogens (tertiary/aromatic N) is 1. The average molecular weight is 372 g/mol. The van der Waals surface area contributed by atoms with Gasteiger partial charge in [-0.3, -0.25) is 4.79 Å². The number of carbonyl (C=O) groups excluding carboxylic acids is 2. The number of thiazole rings is 1. The number of aromatic nitrogens is 1. The van der Waals surface area contributed by atoms with Crippen LogP contribution < -0.4 is 5.32 Å². The number of carbonyl (C=O) groups is 2. The van der Waals surface area contributed by atoms with Crippen LogP contribution in [0.2, 0.25) is 0 Å². The fraction of sp³-hybridized carbons (Fsp3) is 0.450. The first-order valence-electron chi connectivity index (χ1n) is 9.02. The minimum Gasteiger partial charge on any atom is -0.451 e. The number of hydrogen-bond acceptors (Lipinski definition) is 5. The van der Waals surface area contributed by atoms with Gasteiger partial charge in [-0.25, -0.2) is 9.78 Å². The van der Waals surface area contributed by atoms with Gasteiger partial charge < -0.3 is 10.1 Å². The number of hydrogen-bond donors (Lipinski definition) is 1. The summed E-state index contributed by atoms with van der Waals surface area (Å²) in [5.74, 6) is 0.227. The zero-order valence-electron chi connectivity index (χ0n) is 15.1. The average Bonchev–Trinajstić information content (AvgIpc) is 3.14. The molecule has 1 aliphatic rings. The Morgan fingerprint density at radius 2 is 2.00 bits per heavy atom. The molecule has 0 bridgehead atoms. The fourth-order valence-corrected chi connectivity index (χ4v) is 4.12.